The second-order valence-corrected chi connectivity index (χ2v) is 4.96. The molecule has 2 aromatic rings. The lowest BCUT2D eigenvalue weighted by molar-refractivity contribution is 0.0597. The van der Waals surface area contributed by atoms with Gasteiger partial charge in [-0.05, 0) is 56.3 Å². The van der Waals surface area contributed by atoms with E-state index in [2.05, 4.69) is 15.3 Å². The molecule has 0 unspecified atom stereocenters. The van der Waals surface area contributed by atoms with Crippen LogP contribution in [0, 0.1) is 0 Å². The van der Waals surface area contributed by atoms with E-state index < -0.39 is 5.97 Å². The van der Waals surface area contributed by atoms with Crippen LogP contribution in [0.5, 0.6) is 11.6 Å². The third-order valence-corrected chi connectivity index (χ3v) is 3.17. The Labute approximate surface area is 147 Å². The normalized spacial score (nSPS) is 11.4. The summed E-state index contributed by atoms with van der Waals surface area (Å²) < 4.78 is 10.4. The second-order valence-electron chi connectivity index (χ2n) is 4.96. The average Bonchev–Trinajstić information content (AvgIpc) is 2.63. The van der Waals surface area contributed by atoms with E-state index >= 15 is 0 Å². The van der Waals surface area contributed by atoms with Crippen molar-refractivity contribution in [2.45, 2.75) is 13.8 Å². The lowest BCUT2D eigenvalue weighted by Gasteiger charge is -2.10. The summed E-state index contributed by atoms with van der Waals surface area (Å²) in [6.07, 6.45) is 5.39. The number of hydrogen-bond acceptors (Lipinski definition) is 5. The predicted octanol–water partition coefficient (Wildman–Crippen LogP) is 4.07. The largest absolute Gasteiger partial charge is 0.465 e. The summed E-state index contributed by atoms with van der Waals surface area (Å²) in [5.41, 5.74) is 1.16. The Balaban J connectivity index is 2.14. The van der Waals surface area contributed by atoms with Crippen LogP contribution in [0.2, 0.25) is 0 Å². The first-order valence-electron chi connectivity index (χ1n) is 7.93. The van der Waals surface area contributed by atoms with Crippen LogP contribution in [-0.4, -0.2) is 30.4 Å². The fraction of sp³-hybridized carbons (Fsp3) is 0.211. The van der Waals surface area contributed by atoms with Crippen LogP contribution in [0.4, 0.5) is 5.69 Å². The van der Waals surface area contributed by atoms with Crippen LogP contribution < -0.4 is 10.1 Å². The molecule has 25 heavy (non-hydrogen) atoms. The summed E-state index contributed by atoms with van der Waals surface area (Å²) in [6, 6.07) is 10.6. The van der Waals surface area contributed by atoms with Crippen LogP contribution in [0.15, 0.2) is 59.7 Å². The molecule has 0 fully saturated rings. The summed E-state index contributed by atoms with van der Waals surface area (Å²) in [7, 11) is 1.32. The highest BCUT2D eigenvalue weighted by molar-refractivity contribution is 6.03. The van der Waals surface area contributed by atoms with E-state index in [1.165, 1.54) is 7.11 Å². The van der Waals surface area contributed by atoms with Gasteiger partial charge in [0.25, 0.3) is 0 Å². The maximum atomic E-state index is 11.8. The van der Waals surface area contributed by atoms with Gasteiger partial charge in [-0.1, -0.05) is 6.08 Å². The highest BCUT2D eigenvalue weighted by Crippen LogP contribution is 2.24. The molecule has 0 aliphatic rings. The Morgan fingerprint density at radius 1 is 1.28 bits per heavy atom. The number of esters is 1. The molecule has 2 rings (SSSR count). The number of allylic oxidation sites excluding steroid dienone is 1. The van der Waals surface area contributed by atoms with Crippen molar-refractivity contribution in [1.29, 1.82) is 0 Å². The standard InChI is InChI=1S/C19H21N3O3/c1-4-7-17(20-5-2)22-14-9-11-15(12-10-14)25-18-16(19(23)24-3)8-6-13-21-18/h4,6-13H,5H2,1-3H3,(H,20,22)/b7-4-. The average molecular weight is 339 g/mol. The Kier molecular flexibility index (Phi) is 6.71. The van der Waals surface area contributed by atoms with Gasteiger partial charge in [-0.15, -0.1) is 0 Å². The van der Waals surface area contributed by atoms with Crippen molar-refractivity contribution in [3.8, 4) is 11.6 Å². The van der Waals surface area contributed by atoms with Crippen molar-refractivity contribution in [1.82, 2.24) is 4.98 Å². The number of anilines is 1. The first-order valence-corrected chi connectivity index (χ1v) is 7.93. The van der Waals surface area contributed by atoms with Gasteiger partial charge in [0.1, 0.15) is 17.1 Å². The molecule has 0 amide bonds. The van der Waals surface area contributed by atoms with Crippen LogP contribution in [0.25, 0.3) is 0 Å². The van der Waals surface area contributed by atoms with Gasteiger partial charge in [0.2, 0.25) is 5.88 Å². The van der Waals surface area contributed by atoms with Gasteiger partial charge in [-0.3, -0.25) is 4.99 Å². The smallest absolute Gasteiger partial charge is 0.343 e. The number of pyridine rings is 1. The summed E-state index contributed by atoms with van der Waals surface area (Å²) >= 11 is 0. The third-order valence-electron chi connectivity index (χ3n) is 3.17. The first-order chi connectivity index (χ1) is 12.2. The number of rotatable bonds is 6. The van der Waals surface area contributed by atoms with E-state index in [0.717, 1.165) is 11.5 Å². The Hall–Kier alpha value is -3.15. The molecule has 0 spiro atoms. The molecule has 130 valence electrons. The Morgan fingerprint density at radius 2 is 2.04 bits per heavy atom. The van der Waals surface area contributed by atoms with Crippen LogP contribution >= 0.6 is 0 Å². The molecular formula is C19H21N3O3. The molecule has 0 aliphatic carbocycles. The zero-order valence-corrected chi connectivity index (χ0v) is 14.5. The van der Waals surface area contributed by atoms with Gasteiger partial charge in [-0.25, -0.2) is 9.78 Å². The lowest BCUT2D eigenvalue weighted by Crippen LogP contribution is -2.09. The van der Waals surface area contributed by atoms with Crippen molar-refractivity contribution < 1.29 is 14.3 Å². The summed E-state index contributed by atoms with van der Waals surface area (Å²) in [6.45, 7) is 4.62. The van der Waals surface area contributed by atoms with E-state index in [4.69, 9.17) is 9.47 Å². The highest BCUT2D eigenvalue weighted by Gasteiger charge is 2.14. The molecule has 0 bridgehead atoms. The molecule has 6 heteroatoms. The summed E-state index contributed by atoms with van der Waals surface area (Å²) in [5, 5.41) is 3.23. The maximum Gasteiger partial charge on any atom is 0.343 e. The lowest BCUT2D eigenvalue weighted by atomic mass is 10.2. The minimum absolute atomic E-state index is 0.206. The molecule has 0 radical (unpaired) electrons. The van der Waals surface area contributed by atoms with Crippen molar-refractivity contribution in [2.75, 3.05) is 19.0 Å². The Morgan fingerprint density at radius 3 is 2.68 bits per heavy atom. The molecule has 1 aromatic heterocycles. The van der Waals surface area contributed by atoms with E-state index in [9.17, 15) is 4.79 Å². The maximum absolute atomic E-state index is 11.8. The van der Waals surface area contributed by atoms with Gasteiger partial charge in [0.05, 0.1) is 7.11 Å². The summed E-state index contributed by atoms with van der Waals surface area (Å²) in [5.74, 6) is 1.07. The molecule has 1 N–H and O–H groups in total. The number of amidine groups is 1. The van der Waals surface area contributed by atoms with Crippen LogP contribution in [0.1, 0.15) is 24.2 Å². The van der Waals surface area contributed by atoms with Crippen molar-refractivity contribution in [3.63, 3.8) is 0 Å². The molecule has 1 aromatic carbocycles. The zero-order chi connectivity index (χ0) is 18.1. The number of hydrogen-bond donors (Lipinski definition) is 1. The fourth-order valence-electron chi connectivity index (χ4n) is 2.07. The van der Waals surface area contributed by atoms with Gasteiger partial charge in [0, 0.05) is 18.4 Å². The van der Waals surface area contributed by atoms with E-state index in [1.807, 2.05) is 38.1 Å². The number of aliphatic imine (C=N–C) groups is 1. The molecular weight excluding hydrogens is 318 g/mol. The summed E-state index contributed by atoms with van der Waals surface area (Å²) in [4.78, 5) is 20.2. The number of nitrogens with zero attached hydrogens (tertiary/aromatic N) is 2. The van der Waals surface area contributed by atoms with Gasteiger partial charge in [-0.2, -0.15) is 0 Å². The van der Waals surface area contributed by atoms with Crippen molar-refractivity contribution in [3.05, 3.63) is 60.3 Å². The number of aromatic nitrogens is 1. The number of benzene rings is 1. The Bertz CT molecular complexity index is 768. The molecule has 0 saturated carbocycles. The predicted molar refractivity (Wildman–Crippen MR) is 98.5 cm³/mol. The number of methoxy groups -OCH3 is 1. The first kappa shape index (κ1) is 18.2. The van der Waals surface area contributed by atoms with E-state index in [1.54, 1.807) is 30.5 Å². The number of carbonyl (C=O) groups excluding carboxylic acids is 1. The minimum atomic E-state index is -0.492. The quantitative estimate of drug-likeness (QED) is 0.488. The number of nitrogens with one attached hydrogen (secondary N) is 1. The van der Waals surface area contributed by atoms with E-state index in [0.29, 0.717) is 12.3 Å². The number of carbonyl (C=O) groups is 1. The molecule has 0 aliphatic heterocycles. The molecule has 0 atom stereocenters. The minimum Gasteiger partial charge on any atom is -0.465 e. The van der Waals surface area contributed by atoms with E-state index in [-0.39, 0.29) is 11.4 Å². The highest BCUT2D eigenvalue weighted by atomic mass is 16.5. The van der Waals surface area contributed by atoms with Gasteiger partial charge in [0.15, 0.2) is 0 Å². The monoisotopic (exact) mass is 339 g/mol. The number of ether oxygens (including phenoxy) is 2. The van der Waals surface area contributed by atoms with Crippen molar-refractivity contribution >= 4 is 17.5 Å². The van der Waals surface area contributed by atoms with Crippen LogP contribution in [0.3, 0.4) is 0 Å². The van der Waals surface area contributed by atoms with Gasteiger partial charge < -0.3 is 14.8 Å². The SMILES string of the molecule is C/C=C\C(=NCC)Nc1ccc(Oc2ncccc2C(=O)OC)cc1. The molecule has 0 saturated heterocycles. The molecule has 6 nitrogen and oxygen atoms in total. The fourth-order valence-corrected chi connectivity index (χ4v) is 2.07. The topological polar surface area (TPSA) is 72.8 Å². The third kappa shape index (κ3) is 5.17. The molecule has 1 heterocycles. The van der Waals surface area contributed by atoms with Gasteiger partial charge >= 0.3 is 5.97 Å². The van der Waals surface area contributed by atoms with Crippen LogP contribution in [-0.2, 0) is 4.74 Å². The second kappa shape index (κ2) is 9.22. The zero-order valence-electron chi connectivity index (χ0n) is 14.5. The van der Waals surface area contributed by atoms with Crippen molar-refractivity contribution in [2.24, 2.45) is 4.99 Å².